The summed E-state index contributed by atoms with van der Waals surface area (Å²) >= 11 is 0. The van der Waals surface area contributed by atoms with Gasteiger partial charge in [-0.3, -0.25) is 4.90 Å². The fraction of sp³-hybridized carbons (Fsp3) is 0.650. The maximum Gasteiger partial charge on any atom is 0.410 e. The third-order valence-electron chi connectivity index (χ3n) is 4.57. The van der Waals surface area contributed by atoms with Crippen molar-refractivity contribution >= 4 is 6.09 Å². The molecule has 3 atom stereocenters. The van der Waals surface area contributed by atoms with E-state index in [0.29, 0.717) is 12.0 Å². The molecule has 1 aromatic carbocycles. The van der Waals surface area contributed by atoms with Crippen LogP contribution in [0.1, 0.15) is 71.5 Å². The van der Waals surface area contributed by atoms with Gasteiger partial charge in [0.2, 0.25) is 0 Å². The van der Waals surface area contributed by atoms with Gasteiger partial charge in [0, 0.05) is 6.04 Å². The van der Waals surface area contributed by atoms with Crippen molar-refractivity contribution in [3.8, 4) is 0 Å². The first kappa shape index (κ1) is 19.7. The number of rotatable bonds is 4. The third kappa shape index (κ3) is 5.18. The molecule has 0 spiro atoms. The van der Waals surface area contributed by atoms with Gasteiger partial charge in [0.05, 0.1) is 12.1 Å². The molecule has 4 nitrogen and oxygen atoms in total. The highest BCUT2D eigenvalue weighted by molar-refractivity contribution is 5.69. The Balaban J connectivity index is 2.29. The number of likely N-dealkylation sites (tertiary alicyclic amines) is 1. The van der Waals surface area contributed by atoms with Gasteiger partial charge in [-0.1, -0.05) is 25.5 Å². The fourth-order valence-electron chi connectivity index (χ4n) is 3.55. The van der Waals surface area contributed by atoms with E-state index < -0.39 is 23.8 Å². The molecule has 1 saturated heterocycles. The van der Waals surface area contributed by atoms with Gasteiger partial charge < -0.3 is 9.84 Å². The molecule has 25 heavy (non-hydrogen) atoms. The molecule has 1 heterocycles. The van der Waals surface area contributed by atoms with Crippen molar-refractivity contribution in [1.29, 1.82) is 0 Å². The minimum Gasteiger partial charge on any atom is -0.444 e. The summed E-state index contributed by atoms with van der Waals surface area (Å²) in [5.41, 5.74) is -0.102. The van der Waals surface area contributed by atoms with E-state index in [1.54, 1.807) is 17.0 Å². The van der Waals surface area contributed by atoms with Gasteiger partial charge in [0.1, 0.15) is 11.4 Å². The summed E-state index contributed by atoms with van der Waals surface area (Å²) < 4.78 is 19.1. The normalized spacial score (nSPS) is 22.6. The Morgan fingerprint density at radius 3 is 2.72 bits per heavy atom. The number of halogens is 1. The molecular weight excluding hydrogens is 321 g/mol. The van der Waals surface area contributed by atoms with E-state index in [1.807, 2.05) is 20.8 Å². The average Bonchev–Trinajstić information content (AvgIpc) is 2.52. The van der Waals surface area contributed by atoms with Gasteiger partial charge in [-0.25, -0.2) is 9.18 Å². The second-order valence-corrected chi connectivity index (χ2v) is 7.83. The van der Waals surface area contributed by atoms with E-state index in [-0.39, 0.29) is 11.9 Å². The first-order chi connectivity index (χ1) is 11.7. The van der Waals surface area contributed by atoms with Crippen LogP contribution in [0.25, 0.3) is 0 Å². The lowest BCUT2D eigenvalue weighted by Gasteiger charge is -2.44. The number of hydrogen-bond acceptors (Lipinski definition) is 3. The van der Waals surface area contributed by atoms with Crippen LogP contribution in [-0.2, 0) is 4.74 Å². The van der Waals surface area contributed by atoms with Gasteiger partial charge in [0.15, 0.2) is 0 Å². The Kier molecular flexibility index (Phi) is 6.44. The summed E-state index contributed by atoms with van der Waals surface area (Å²) in [5, 5.41) is 10.9. The molecule has 5 heteroatoms. The van der Waals surface area contributed by atoms with Crippen molar-refractivity contribution in [1.82, 2.24) is 4.90 Å². The van der Waals surface area contributed by atoms with Gasteiger partial charge in [0.25, 0.3) is 0 Å². The molecule has 2 rings (SSSR count). The fourth-order valence-corrected chi connectivity index (χ4v) is 3.55. The summed E-state index contributed by atoms with van der Waals surface area (Å²) in [4.78, 5) is 14.5. The second kappa shape index (κ2) is 8.17. The van der Waals surface area contributed by atoms with E-state index in [9.17, 15) is 14.3 Å². The maximum absolute atomic E-state index is 13.6. The molecule has 1 fully saturated rings. The lowest BCUT2D eigenvalue weighted by atomic mass is 9.88. The molecule has 1 aromatic rings. The van der Waals surface area contributed by atoms with Gasteiger partial charge in [-0.15, -0.1) is 0 Å². The van der Waals surface area contributed by atoms with Crippen LogP contribution < -0.4 is 0 Å². The van der Waals surface area contributed by atoms with Crippen molar-refractivity contribution in [2.45, 2.75) is 83.6 Å². The smallest absolute Gasteiger partial charge is 0.410 e. The van der Waals surface area contributed by atoms with Crippen LogP contribution in [0.3, 0.4) is 0 Å². The lowest BCUT2D eigenvalue weighted by molar-refractivity contribution is -0.0368. The molecule has 1 aliphatic heterocycles. The summed E-state index contributed by atoms with van der Waals surface area (Å²) in [5.74, 6) is -0.388. The predicted molar refractivity (Wildman–Crippen MR) is 95.8 cm³/mol. The Bertz CT molecular complexity index is 583. The zero-order valence-corrected chi connectivity index (χ0v) is 15.7. The highest BCUT2D eigenvalue weighted by Gasteiger charge is 2.40. The molecule has 1 amide bonds. The zero-order chi connectivity index (χ0) is 18.6. The van der Waals surface area contributed by atoms with Crippen LogP contribution in [0.5, 0.6) is 0 Å². The lowest BCUT2D eigenvalue weighted by Crippen LogP contribution is -2.53. The number of carbonyl (C=O) groups is 1. The summed E-state index contributed by atoms with van der Waals surface area (Å²) in [6, 6.07) is 5.61. The predicted octanol–water partition coefficient (Wildman–Crippen LogP) is 4.82. The molecule has 0 aromatic heterocycles. The minimum absolute atomic E-state index is 0.0433. The Hall–Kier alpha value is -1.62. The Labute approximate surface area is 150 Å². The Morgan fingerprint density at radius 1 is 1.40 bits per heavy atom. The van der Waals surface area contributed by atoms with E-state index in [4.69, 9.17) is 4.74 Å². The number of ether oxygens (including phenoxy) is 1. The number of hydrogen-bond donors (Lipinski definition) is 1. The average molecular weight is 351 g/mol. The van der Waals surface area contributed by atoms with Gasteiger partial charge in [-0.05, 0) is 64.2 Å². The van der Waals surface area contributed by atoms with E-state index in [0.717, 1.165) is 25.7 Å². The summed E-state index contributed by atoms with van der Waals surface area (Å²) in [6.45, 7) is 7.59. The highest BCUT2D eigenvalue weighted by Crippen LogP contribution is 2.34. The van der Waals surface area contributed by atoms with Crippen molar-refractivity contribution in [2.75, 3.05) is 0 Å². The Morgan fingerprint density at radius 2 is 2.12 bits per heavy atom. The number of aliphatic hydroxyl groups is 1. The van der Waals surface area contributed by atoms with Crippen LogP contribution in [0.2, 0.25) is 0 Å². The van der Waals surface area contributed by atoms with Crippen LogP contribution in [0.4, 0.5) is 9.18 Å². The van der Waals surface area contributed by atoms with E-state index in [2.05, 4.69) is 6.92 Å². The molecule has 0 saturated carbocycles. The van der Waals surface area contributed by atoms with Crippen LogP contribution in [0.15, 0.2) is 24.3 Å². The van der Waals surface area contributed by atoms with Crippen molar-refractivity contribution in [3.05, 3.63) is 35.6 Å². The monoisotopic (exact) mass is 351 g/mol. The zero-order valence-electron chi connectivity index (χ0n) is 15.7. The number of amides is 1. The van der Waals surface area contributed by atoms with Gasteiger partial charge in [-0.2, -0.15) is 0 Å². The third-order valence-corrected chi connectivity index (χ3v) is 4.57. The topological polar surface area (TPSA) is 49.8 Å². The van der Waals surface area contributed by atoms with Crippen molar-refractivity contribution in [2.24, 2.45) is 0 Å². The summed E-state index contributed by atoms with van der Waals surface area (Å²) in [7, 11) is 0. The molecule has 0 bridgehead atoms. The molecule has 1 N–H and O–H groups in total. The van der Waals surface area contributed by atoms with Crippen LogP contribution >= 0.6 is 0 Å². The number of aliphatic hydroxyl groups excluding tert-OH is 1. The van der Waals surface area contributed by atoms with Crippen molar-refractivity contribution < 1.29 is 19.0 Å². The first-order valence-electron chi connectivity index (χ1n) is 9.17. The molecular formula is C20H30FNO3. The molecule has 140 valence electrons. The highest BCUT2D eigenvalue weighted by atomic mass is 19.1. The maximum atomic E-state index is 13.6. The second-order valence-electron chi connectivity index (χ2n) is 7.83. The number of benzene rings is 1. The molecule has 0 aliphatic carbocycles. The minimum atomic E-state index is -0.928. The number of nitrogens with zero attached hydrogens (tertiary/aromatic N) is 1. The van der Waals surface area contributed by atoms with E-state index >= 15 is 0 Å². The van der Waals surface area contributed by atoms with E-state index in [1.165, 1.54) is 12.1 Å². The number of carbonyl (C=O) groups excluding carboxylic acids is 1. The molecule has 3 unspecified atom stereocenters. The first-order valence-corrected chi connectivity index (χ1v) is 9.17. The SMILES string of the molecule is CCCC1CCCC(C(O)c2cccc(F)c2)N1C(=O)OC(C)(C)C. The quantitative estimate of drug-likeness (QED) is 0.846. The molecule has 1 aliphatic rings. The van der Waals surface area contributed by atoms with Crippen LogP contribution in [-0.4, -0.2) is 33.8 Å². The standard InChI is InChI=1S/C20H30FNO3/c1-5-8-16-11-7-12-17(22(16)19(24)25-20(2,3)4)18(23)14-9-6-10-15(21)13-14/h6,9-10,13,16-18,23H,5,7-8,11-12H2,1-4H3. The molecule has 0 radical (unpaired) electrons. The summed E-state index contributed by atoms with van der Waals surface area (Å²) in [6.07, 6.45) is 3.00. The van der Waals surface area contributed by atoms with Gasteiger partial charge >= 0.3 is 6.09 Å². The largest absolute Gasteiger partial charge is 0.444 e. The number of piperidine rings is 1. The van der Waals surface area contributed by atoms with Crippen molar-refractivity contribution in [3.63, 3.8) is 0 Å². The van der Waals surface area contributed by atoms with Crippen LogP contribution in [0, 0.1) is 5.82 Å².